The van der Waals surface area contributed by atoms with E-state index in [-0.39, 0.29) is 16.8 Å². The summed E-state index contributed by atoms with van der Waals surface area (Å²) in [7, 11) is -3.47. The number of rotatable bonds is 6. The van der Waals surface area contributed by atoms with E-state index < -0.39 is 10.0 Å². The van der Waals surface area contributed by atoms with Crippen molar-refractivity contribution in [3.8, 4) is 0 Å². The van der Waals surface area contributed by atoms with E-state index in [1.54, 1.807) is 18.2 Å². The van der Waals surface area contributed by atoms with Crippen molar-refractivity contribution in [2.45, 2.75) is 30.7 Å². The SMILES string of the molecule is Cc1ccc(/C=C/C(=O)Nc2ccc(S(=O)(=O)NC3CC3)cc2)cc1. The van der Waals surface area contributed by atoms with Crippen molar-refractivity contribution in [3.05, 3.63) is 65.7 Å². The van der Waals surface area contributed by atoms with Gasteiger partial charge in [-0.2, -0.15) is 0 Å². The molecule has 2 aromatic rings. The van der Waals surface area contributed by atoms with E-state index in [1.807, 2.05) is 31.2 Å². The lowest BCUT2D eigenvalue weighted by atomic mass is 10.1. The maximum absolute atomic E-state index is 12.1. The minimum atomic E-state index is -3.47. The Morgan fingerprint density at radius 3 is 2.28 bits per heavy atom. The standard InChI is InChI=1S/C19H20N2O3S/c1-14-2-4-15(5-3-14)6-13-19(22)20-16-9-11-18(12-10-16)25(23,24)21-17-7-8-17/h2-6,9-13,17,21H,7-8H2,1H3,(H,20,22)/b13-6+. The van der Waals surface area contributed by atoms with Gasteiger partial charge in [0.2, 0.25) is 15.9 Å². The molecule has 5 nitrogen and oxygen atoms in total. The highest BCUT2D eigenvalue weighted by Gasteiger charge is 2.27. The number of nitrogens with one attached hydrogen (secondary N) is 2. The van der Waals surface area contributed by atoms with Crippen LogP contribution in [0, 0.1) is 6.92 Å². The molecular formula is C19H20N2O3S. The first-order chi connectivity index (χ1) is 11.9. The average Bonchev–Trinajstić information content (AvgIpc) is 3.38. The molecule has 0 unspecified atom stereocenters. The largest absolute Gasteiger partial charge is 0.323 e. The van der Waals surface area contributed by atoms with Gasteiger partial charge in [0.15, 0.2) is 0 Å². The number of hydrogen-bond donors (Lipinski definition) is 2. The first kappa shape index (κ1) is 17.4. The molecule has 2 N–H and O–H groups in total. The summed E-state index contributed by atoms with van der Waals surface area (Å²) in [4.78, 5) is 12.2. The van der Waals surface area contributed by atoms with E-state index in [0.29, 0.717) is 5.69 Å². The van der Waals surface area contributed by atoms with Crippen molar-refractivity contribution in [2.24, 2.45) is 0 Å². The lowest BCUT2D eigenvalue weighted by molar-refractivity contribution is -0.111. The van der Waals surface area contributed by atoms with Crippen LogP contribution in [-0.2, 0) is 14.8 Å². The van der Waals surface area contributed by atoms with Gasteiger partial charge in [0.25, 0.3) is 0 Å². The molecule has 0 spiro atoms. The highest BCUT2D eigenvalue weighted by atomic mass is 32.2. The summed E-state index contributed by atoms with van der Waals surface area (Å²) < 4.78 is 26.8. The maximum atomic E-state index is 12.1. The van der Waals surface area contributed by atoms with Crippen LogP contribution in [-0.4, -0.2) is 20.4 Å². The zero-order valence-corrected chi connectivity index (χ0v) is 14.7. The van der Waals surface area contributed by atoms with E-state index in [9.17, 15) is 13.2 Å². The first-order valence-electron chi connectivity index (χ1n) is 8.10. The van der Waals surface area contributed by atoms with Gasteiger partial charge in [-0.25, -0.2) is 13.1 Å². The Labute approximate surface area is 147 Å². The Morgan fingerprint density at radius 1 is 1.04 bits per heavy atom. The van der Waals surface area contributed by atoms with Crippen molar-refractivity contribution in [1.29, 1.82) is 0 Å². The number of sulfonamides is 1. The quantitative estimate of drug-likeness (QED) is 0.781. The van der Waals surface area contributed by atoms with Gasteiger partial charge < -0.3 is 5.32 Å². The summed E-state index contributed by atoms with van der Waals surface area (Å²) in [5.74, 6) is -0.271. The molecule has 25 heavy (non-hydrogen) atoms. The van der Waals surface area contributed by atoms with Crippen LogP contribution < -0.4 is 10.0 Å². The predicted molar refractivity (Wildman–Crippen MR) is 98.6 cm³/mol. The second-order valence-electron chi connectivity index (χ2n) is 6.15. The molecule has 0 aromatic heterocycles. The molecule has 0 atom stereocenters. The Morgan fingerprint density at radius 2 is 1.68 bits per heavy atom. The maximum Gasteiger partial charge on any atom is 0.248 e. The first-order valence-corrected chi connectivity index (χ1v) is 9.59. The lowest BCUT2D eigenvalue weighted by Crippen LogP contribution is -2.25. The fourth-order valence-corrected chi connectivity index (χ4v) is 3.54. The summed E-state index contributed by atoms with van der Waals surface area (Å²) in [6.07, 6.45) is 4.96. The van der Waals surface area contributed by atoms with Crippen molar-refractivity contribution in [2.75, 3.05) is 5.32 Å². The molecule has 0 heterocycles. The number of hydrogen-bond acceptors (Lipinski definition) is 3. The Bertz CT molecular complexity index is 881. The molecule has 1 saturated carbocycles. The summed E-state index contributed by atoms with van der Waals surface area (Å²) in [6, 6.07) is 14.0. The van der Waals surface area contributed by atoms with Crippen LogP contribution in [0.25, 0.3) is 6.08 Å². The molecule has 130 valence electrons. The second-order valence-corrected chi connectivity index (χ2v) is 7.87. The number of carbonyl (C=O) groups excluding carboxylic acids is 1. The van der Waals surface area contributed by atoms with E-state index in [1.165, 1.54) is 18.2 Å². The van der Waals surface area contributed by atoms with E-state index >= 15 is 0 Å². The van der Waals surface area contributed by atoms with Gasteiger partial charge in [0, 0.05) is 17.8 Å². The van der Waals surface area contributed by atoms with Crippen LogP contribution in [0.4, 0.5) is 5.69 Å². The molecule has 0 bridgehead atoms. The number of carbonyl (C=O) groups is 1. The van der Waals surface area contributed by atoms with E-state index in [2.05, 4.69) is 10.0 Å². The molecule has 6 heteroatoms. The van der Waals surface area contributed by atoms with Gasteiger partial charge in [0.05, 0.1) is 4.90 Å². The highest BCUT2D eigenvalue weighted by molar-refractivity contribution is 7.89. The Kier molecular flexibility index (Phi) is 5.01. The van der Waals surface area contributed by atoms with Gasteiger partial charge >= 0.3 is 0 Å². The molecule has 1 aliphatic rings. The molecule has 2 aromatic carbocycles. The molecule has 0 aliphatic heterocycles. The number of benzene rings is 2. The van der Waals surface area contributed by atoms with Gasteiger partial charge in [-0.05, 0) is 55.7 Å². The zero-order chi connectivity index (χ0) is 17.9. The Hall–Kier alpha value is -2.44. The highest BCUT2D eigenvalue weighted by Crippen LogP contribution is 2.22. The van der Waals surface area contributed by atoms with Gasteiger partial charge in [-0.1, -0.05) is 29.8 Å². The lowest BCUT2D eigenvalue weighted by Gasteiger charge is -2.07. The molecule has 1 fully saturated rings. The topological polar surface area (TPSA) is 75.3 Å². The van der Waals surface area contributed by atoms with Crippen molar-refractivity contribution < 1.29 is 13.2 Å². The van der Waals surface area contributed by atoms with Gasteiger partial charge in [-0.15, -0.1) is 0 Å². The number of amides is 1. The average molecular weight is 356 g/mol. The van der Waals surface area contributed by atoms with Crippen LogP contribution >= 0.6 is 0 Å². The third-order valence-corrected chi connectivity index (χ3v) is 5.37. The number of anilines is 1. The van der Waals surface area contributed by atoms with Crippen molar-refractivity contribution >= 4 is 27.7 Å². The smallest absolute Gasteiger partial charge is 0.248 e. The molecule has 0 radical (unpaired) electrons. The molecule has 1 amide bonds. The van der Waals surface area contributed by atoms with E-state index in [4.69, 9.17) is 0 Å². The third kappa shape index (κ3) is 5.01. The molecule has 0 saturated heterocycles. The van der Waals surface area contributed by atoms with Crippen LogP contribution in [0.3, 0.4) is 0 Å². The predicted octanol–water partition coefficient (Wildman–Crippen LogP) is 3.09. The monoisotopic (exact) mass is 356 g/mol. The van der Waals surface area contributed by atoms with E-state index in [0.717, 1.165) is 24.0 Å². The minimum Gasteiger partial charge on any atom is -0.323 e. The second kappa shape index (κ2) is 7.21. The normalized spacial score (nSPS) is 14.6. The van der Waals surface area contributed by atoms with Crippen LogP contribution in [0.2, 0.25) is 0 Å². The zero-order valence-electron chi connectivity index (χ0n) is 13.9. The minimum absolute atomic E-state index is 0.0660. The molecule has 3 rings (SSSR count). The van der Waals surface area contributed by atoms with Crippen molar-refractivity contribution in [3.63, 3.8) is 0 Å². The fraction of sp³-hybridized carbons (Fsp3) is 0.211. The summed E-state index contributed by atoms with van der Waals surface area (Å²) in [6.45, 7) is 2.00. The summed E-state index contributed by atoms with van der Waals surface area (Å²) in [5.41, 5.74) is 2.64. The summed E-state index contributed by atoms with van der Waals surface area (Å²) in [5, 5.41) is 2.71. The third-order valence-electron chi connectivity index (χ3n) is 3.84. The molecular weight excluding hydrogens is 336 g/mol. The van der Waals surface area contributed by atoms with Crippen LogP contribution in [0.15, 0.2) is 59.5 Å². The van der Waals surface area contributed by atoms with Crippen LogP contribution in [0.1, 0.15) is 24.0 Å². The fourth-order valence-electron chi connectivity index (χ4n) is 2.24. The van der Waals surface area contributed by atoms with Gasteiger partial charge in [-0.3, -0.25) is 4.79 Å². The molecule has 1 aliphatic carbocycles. The number of aryl methyl sites for hydroxylation is 1. The van der Waals surface area contributed by atoms with Crippen molar-refractivity contribution in [1.82, 2.24) is 4.72 Å². The Balaban J connectivity index is 1.60. The summed E-state index contributed by atoms with van der Waals surface area (Å²) >= 11 is 0. The van der Waals surface area contributed by atoms with Crippen LogP contribution in [0.5, 0.6) is 0 Å². The van der Waals surface area contributed by atoms with Gasteiger partial charge in [0.1, 0.15) is 0 Å².